The number of ether oxygens (including phenoxy) is 1. The van der Waals surface area contributed by atoms with Crippen LogP contribution in [0.5, 0.6) is 0 Å². The first-order chi connectivity index (χ1) is 7.81. The van der Waals surface area contributed by atoms with E-state index in [0.29, 0.717) is 0 Å². The van der Waals surface area contributed by atoms with Crippen LogP contribution in [-0.4, -0.2) is 41.4 Å². The number of aliphatic carboxylic acids is 2. The Labute approximate surface area is 98.1 Å². The summed E-state index contributed by atoms with van der Waals surface area (Å²) >= 11 is 0. The van der Waals surface area contributed by atoms with Crippen molar-refractivity contribution in [2.75, 3.05) is 13.2 Å². The molecule has 0 bridgehead atoms. The number of carboxylic acids is 2. The predicted octanol–water partition coefficient (Wildman–Crippen LogP) is 0.464. The monoisotopic (exact) mass is 245 g/mol. The van der Waals surface area contributed by atoms with Crippen LogP contribution in [0.15, 0.2) is 12.7 Å². The van der Waals surface area contributed by atoms with Gasteiger partial charge in [-0.25, -0.2) is 4.79 Å². The van der Waals surface area contributed by atoms with Crippen molar-refractivity contribution in [3.63, 3.8) is 0 Å². The van der Waals surface area contributed by atoms with Crippen LogP contribution >= 0.6 is 0 Å². The van der Waals surface area contributed by atoms with E-state index in [0.717, 1.165) is 0 Å². The molecule has 0 aliphatic rings. The fourth-order valence-electron chi connectivity index (χ4n) is 1.00. The smallest absolute Gasteiger partial charge is 0.407 e. The first-order valence-corrected chi connectivity index (χ1v) is 4.78. The van der Waals surface area contributed by atoms with Gasteiger partial charge >= 0.3 is 18.0 Å². The van der Waals surface area contributed by atoms with Gasteiger partial charge in [-0.1, -0.05) is 12.7 Å². The van der Waals surface area contributed by atoms with Gasteiger partial charge in [0.1, 0.15) is 6.61 Å². The highest BCUT2D eigenvalue weighted by Crippen LogP contribution is 2.20. The second kappa shape index (κ2) is 6.51. The number of hydrogen-bond donors (Lipinski definition) is 3. The molecule has 0 fully saturated rings. The van der Waals surface area contributed by atoms with Crippen molar-refractivity contribution < 1.29 is 29.3 Å². The number of amides is 1. The maximum Gasteiger partial charge on any atom is 0.407 e. The standard InChI is InChI=1S/C10H15NO6/c1-3-4-17-9(16)11-6-10(2,8(14)15)5-7(12)13/h3H,1,4-6H2,2H3,(H,11,16)(H,12,13)(H,14,15). The Morgan fingerprint density at radius 3 is 2.41 bits per heavy atom. The molecule has 0 aliphatic heterocycles. The number of carbonyl (C=O) groups excluding carboxylic acids is 1. The Morgan fingerprint density at radius 1 is 1.41 bits per heavy atom. The highest BCUT2D eigenvalue weighted by atomic mass is 16.5. The van der Waals surface area contributed by atoms with Crippen LogP contribution in [0.2, 0.25) is 0 Å². The molecule has 0 saturated carbocycles. The third-order valence-corrected chi connectivity index (χ3v) is 2.01. The minimum absolute atomic E-state index is 0.00541. The zero-order valence-electron chi connectivity index (χ0n) is 9.43. The van der Waals surface area contributed by atoms with Gasteiger partial charge in [0.25, 0.3) is 0 Å². The van der Waals surface area contributed by atoms with Gasteiger partial charge in [0.2, 0.25) is 0 Å². The van der Waals surface area contributed by atoms with Gasteiger partial charge in [-0.05, 0) is 6.92 Å². The molecule has 0 aliphatic carbocycles. The van der Waals surface area contributed by atoms with Crippen LogP contribution in [0.4, 0.5) is 4.79 Å². The third-order valence-electron chi connectivity index (χ3n) is 2.01. The minimum Gasteiger partial charge on any atom is -0.481 e. The molecule has 0 radical (unpaired) electrons. The van der Waals surface area contributed by atoms with E-state index in [4.69, 9.17) is 10.2 Å². The fourth-order valence-corrected chi connectivity index (χ4v) is 1.00. The van der Waals surface area contributed by atoms with Crippen molar-refractivity contribution in [2.45, 2.75) is 13.3 Å². The van der Waals surface area contributed by atoms with E-state index >= 15 is 0 Å². The molecule has 0 aromatic heterocycles. The molecule has 7 heteroatoms. The molecular formula is C10H15NO6. The van der Waals surface area contributed by atoms with Crippen molar-refractivity contribution >= 4 is 18.0 Å². The van der Waals surface area contributed by atoms with E-state index in [1.807, 2.05) is 0 Å². The van der Waals surface area contributed by atoms with Crippen molar-refractivity contribution in [1.29, 1.82) is 0 Å². The maximum absolute atomic E-state index is 11.0. The third kappa shape index (κ3) is 5.55. The van der Waals surface area contributed by atoms with E-state index in [9.17, 15) is 14.4 Å². The summed E-state index contributed by atoms with van der Waals surface area (Å²) in [6, 6.07) is 0. The average Bonchev–Trinajstić information content (AvgIpc) is 2.22. The summed E-state index contributed by atoms with van der Waals surface area (Å²) in [7, 11) is 0. The molecule has 3 N–H and O–H groups in total. The number of nitrogens with one attached hydrogen (secondary N) is 1. The van der Waals surface area contributed by atoms with E-state index in [-0.39, 0.29) is 13.2 Å². The summed E-state index contributed by atoms with van der Waals surface area (Å²) in [5.41, 5.74) is -1.57. The molecule has 7 nitrogen and oxygen atoms in total. The predicted molar refractivity (Wildman–Crippen MR) is 57.5 cm³/mol. The molecule has 0 heterocycles. The molecule has 96 valence electrons. The van der Waals surface area contributed by atoms with Gasteiger partial charge in [-0.2, -0.15) is 0 Å². The SMILES string of the molecule is C=CCOC(=O)NCC(C)(CC(=O)O)C(=O)O. The van der Waals surface area contributed by atoms with Crippen molar-refractivity contribution in [2.24, 2.45) is 5.41 Å². The van der Waals surface area contributed by atoms with Gasteiger partial charge in [0.05, 0.1) is 11.8 Å². The molecule has 0 saturated heterocycles. The number of alkyl carbamates (subject to hydrolysis) is 1. The van der Waals surface area contributed by atoms with Crippen molar-refractivity contribution in [3.8, 4) is 0 Å². The number of rotatable bonds is 7. The zero-order valence-corrected chi connectivity index (χ0v) is 9.43. The number of hydrogen-bond acceptors (Lipinski definition) is 4. The molecule has 0 aromatic carbocycles. The Kier molecular flexibility index (Phi) is 5.73. The molecule has 0 aromatic rings. The first-order valence-electron chi connectivity index (χ1n) is 4.78. The summed E-state index contributed by atoms with van der Waals surface area (Å²) in [4.78, 5) is 32.5. The maximum atomic E-state index is 11.0. The minimum atomic E-state index is -1.57. The lowest BCUT2D eigenvalue weighted by molar-refractivity contribution is -0.154. The van der Waals surface area contributed by atoms with E-state index in [2.05, 4.69) is 16.6 Å². The van der Waals surface area contributed by atoms with Gasteiger partial charge in [-0.3, -0.25) is 9.59 Å². The van der Waals surface area contributed by atoms with Gasteiger partial charge in [0.15, 0.2) is 0 Å². The highest BCUT2D eigenvalue weighted by Gasteiger charge is 2.36. The topological polar surface area (TPSA) is 113 Å². The summed E-state index contributed by atoms with van der Waals surface area (Å²) in [5.74, 6) is -2.56. The van der Waals surface area contributed by atoms with Crippen LogP contribution in [0.1, 0.15) is 13.3 Å². The van der Waals surface area contributed by atoms with E-state index in [1.165, 1.54) is 13.0 Å². The van der Waals surface area contributed by atoms with Gasteiger partial charge in [0, 0.05) is 6.54 Å². The highest BCUT2D eigenvalue weighted by molar-refractivity contribution is 5.82. The Morgan fingerprint density at radius 2 is 2.00 bits per heavy atom. The largest absolute Gasteiger partial charge is 0.481 e. The lowest BCUT2D eigenvalue weighted by atomic mass is 9.87. The van der Waals surface area contributed by atoms with Crippen molar-refractivity contribution in [1.82, 2.24) is 5.32 Å². The Balaban J connectivity index is 4.36. The fraction of sp³-hybridized carbons (Fsp3) is 0.500. The Hall–Kier alpha value is -2.05. The van der Waals surface area contributed by atoms with Gasteiger partial charge < -0.3 is 20.3 Å². The van der Waals surface area contributed by atoms with Crippen LogP contribution in [0.3, 0.4) is 0 Å². The lowest BCUT2D eigenvalue weighted by Gasteiger charge is -2.22. The van der Waals surface area contributed by atoms with Crippen molar-refractivity contribution in [3.05, 3.63) is 12.7 Å². The normalized spacial score (nSPS) is 13.2. The molecule has 0 rings (SSSR count). The summed E-state index contributed by atoms with van der Waals surface area (Å²) in [5, 5.41) is 19.7. The quantitative estimate of drug-likeness (QED) is 0.562. The van der Waals surface area contributed by atoms with Crippen LogP contribution in [-0.2, 0) is 14.3 Å². The molecule has 1 unspecified atom stereocenters. The second-order valence-corrected chi connectivity index (χ2v) is 3.68. The number of carboxylic acid groups (broad SMARTS) is 2. The second-order valence-electron chi connectivity index (χ2n) is 3.68. The zero-order chi connectivity index (χ0) is 13.5. The Bertz CT molecular complexity index is 327. The summed E-state index contributed by atoms with van der Waals surface area (Å²) in [6.45, 7) is 4.23. The van der Waals surface area contributed by atoms with Crippen LogP contribution < -0.4 is 5.32 Å². The van der Waals surface area contributed by atoms with Crippen LogP contribution in [0.25, 0.3) is 0 Å². The number of carbonyl (C=O) groups is 3. The summed E-state index contributed by atoms with van der Waals surface area (Å²) < 4.78 is 4.56. The van der Waals surface area contributed by atoms with E-state index < -0.39 is 29.9 Å². The van der Waals surface area contributed by atoms with Gasteiger partial charge in [-0.15, -0.1) is 0 Å². The molecular weight excluding hydrogens is 230 g/mol. The summed E-state index contributed by atoms with van der Waals surface area (Å²) in [6.07, 6.45) is -0.0557. The first kappa shape index (κ1) is 14.9. The molecule has 1 amide bonds. The molecule has 0 spiro atoms. The average molecular weight is 245 g/mol. The molecule has 17 heavy (non-hydrogen) atoms. The molecule has 1 atom stereocenters. The lowest BCUT2D eigenvalue weighted by Crippen LogP contribution is -2.42. The van der Waals surface area contributed by atoms with E-state index in [1.54, 1.807) is 0 Å². The van der Waals surface area contributed by atoms with Crippen LogP contribution in [0, 0.1) is 5.41 Å².